The Morgan fingerprint density at radius 2 is 1.94 bits per heavy atom. The first-order chi connectivity index (χ1) is 15.0. The molecule has 166 valence electrons. The number of piperazine rings is 1. The molecule has 2 aromatic rings. The summed E-state index contributed by atoms with van der Waals surface area (Å²) >= 11 is 0. The predicted octanol–water partition coefficient (Wildman–Crippen LogP) is 3.63. The first kappa shape index (κ1) is 21.1. The maximum atomic E-state index is 14.2. The Labute approximate surface area is 182 Å². The van der Waals surface area contributed by atoms with E-state index in [-0.39, 0.29) is 6.09 Å². The van der Waals surface area contributed by atoms with Gasteiger partial charge >= 0.3 is 6.09 Å². The lowest BCUT2D eigenvalue weighted by molar-refractivity contribution is 0.105. The minimum atomic E-state index is -0.405. The van der Waals surface area contributed by atoms with Gasteiger partial charge in [0.25, 0.3) is 0 Å². The van der Waals surface area contributed by atoms with E-state index < -0.39 is 5.82 Å². The van der Waals surface area contributed by atoms with Crippen molar-refractivity contribution in [2.45, 2.75) is 32.2 Å². The molecule has 8 nitrogen and oxygen atoms in total. The van der Waals surface area contributed by atoms with Gasteiger partial charge in [-0.15, -0.1) is 0 Å². The highest BCUT2D eigenvalue weighted by Gasteiger charge is 2.25. The fraction of sp³-hybridized carbons (Fsp3) is 0.500. The van der Waals surface area contributed by atoms with Crippen LogP contribution in [0.3, 0.4) is 0 Å². The van der Waals surface area contributed by atoms with Crippen LogP contribution in [0.15, 0.2) is 30.5 Å². The average Bonchev–Trinajstić information content (AvgIpc) is 2.75. The molecule has 2 fully saturated rings. The molecule has 1 aromatic carbocycles. The van der Waals surface area contributed by atoms with Crippen molar-refractivity contribution in [3.8, 4) is 0 Å². The molecule has 1 aliphatic carbocycles. The molecule has 4 rings (SSSR count). The zero-order valence-electron chi connectivity index (χ0n) is 18.1. The van der Waals surface area contributed by atoms with E-state index in [1.165, 1.54) is 12.6 Å². The standard InChI is InChI=1S/C22H29FN6O2/c1-3-31-22(30)29-13-11-28(12-14-29)18-9-7-16(8-10-18)25-21-24-15-19(23)20(26-21)27(2)17-5-4-6-17/h7-10,15,17H,3-6,11-14H2,1-2H3,(H,24,25,26). The highest BCUT2D eigenvalue weighted by atomic mass is 19.1. The van der Waals surface area contributed by atoms with Crippen molar-refractivity contribution in [2.24, 2.45) is 0 Å². The topological polar surface area (TPSA) is 73.8 Å². The van der Waals surface area contributed by atoms with Gasteiger partial charge in [0.2, 0.25) is 5.95 Å². The van der Waals surface area contributed by atoms with Crippen LogP contribution in [0.5, 0.6) is 0 Å². The van der Waals surface area contributed by atoms with Crippen LogP contribution in [-0.2, 0) is 4.74 Å². The number of ether oxygens (including phenoxy) is 1. The van der Waals surface area contributed by atoms with Crippen LogP contribution < -0.4 is 15.1 Å². The maximum absolute atomic E-state index is 14.2. The number of hydrogen-bond donors (Lipinski definition) is 1. The third kappa shape index (κ3) is 4.81. The highest BCUT2D eigenvalue weighted by molar-refractivity contribution is 5.68. The minimum Gasteiger partial charge on any atom is -0.450 e. The van der Waals surface area contributed by atoms with E-state index in [1.54, 1.807) is 4.90 Å². The Morgan fingerprint density at radius 3 is 2.55 bits per heavy atom. The molecular formula is C22H29FN6O2. The smallest absolute Gasteiger partial charge is 0.409 e. The number of anilines is 4. The zero-order chi connectivity index (χ0) is 21.8. The van der Waals surface area contributed by atoms with Gasteiger partial charge in [-0.3, -0.25) is 0 Å². The Morgan fingerprint density at radius 1 is 1.23 bits per heavy atom. The van der Waals surface area contributed by atoms with E-state index in [4.69, 9.17) is 4.74 Å². The van der Waals surface area contributed by atoms with E-state index in [1.807, 2.05) is 43.1 Å². The van der Waals surface area contributed by atoms with Crippen molar-refractivity contribution in [3.63, 3.8) is 0 Å². The lowest BCUT2D eigenvalue weighted by Gasteiger charge is -2.35. The van der Waals surface area contributed by atoms with Crippen LogP contribution in [0.1, 0.15) is 26.2 Å². The average molecular weight is 429 g/mol. The number of halogens is 1. The molecule has 1 saturated carbocycles. The molecule has 2 aliphatic rings. The van der Waals surface area contributed by atoms with Crippen molar-refractivity contribution in [1.82, 2.24) is 14.9 Å². The van der Waals surface area contributed by atoms with Gasteiger partial charge in [0.1, 0.15) is 0 Å². The zero-order valence-corrected chi connectivity index (χ0v) is 18.1. The fourth-order valence-electron chi connectivity index (χ4n) is 3.86. The van der Waals surface area contributed by atoms with Crippen LogP contribution in [0.2, 0.25) is 0 Å². The minimum absolute atomic E-state index is 0.247. The van der Waals surface area contributed by atoms with E-state index in [9.17, 15) is 9.18 Å². The number of benzene rings is 1. The SMILES string of the molecule is CCOC(=O)N1CCN(c2ccc(Nc3ncc(F)c(N(C)C4CCC4)n3)cc2)CC1. The molecule has 1 aromatic heterocycles. The van der Waals surface area contributed by atoms with Crippen molar-refractivity contribution in [1.29, 1.82) is 0 Å². The highest BCUT2D eigenvalue weighted by Crippen LogP contribution is 2.29. The predicted molar refractivity (Wildman–Crippen MR) is 119 cm³/mol. The number of carbonyl (C=O) groups is 1. The summed E-state index contributed by atoms with van der Waals surface area (Å²) in [7, 11) is 1.88. The van der Waals surface area contributed by atoms with Crippen molar-refractivity contribution in [2.75, 3.05) is 55.0 Å². The second-order valence-electron chi connectivity index (χ2n) is 7.91. The van der Waals surface area contributed by atoms with Crippen molar-refractivity contribution in [3.05, 3.63) is 36.3 Å². The molecule has 1 amide bonds. The van der Waals surface area contributed by atoms with Crippen LogP contribution in [-0.4, -0.2) is 66.8 Å². The molecule has 0 spiro atoms. The first-order valence-corrected chi connectivity index (χ1v) is 10.8. The Bertz CT molecular complexity index is 897. The van der Waals surface area contributed by atoms with E-state index in [0.717, 1.165) is 37.3 Å². The monoisotopic (exact) mass is 428 g/mol. The number of nitrogens with one attached hydrogen (secondary N) is 1. The fourth-order valence-corrected chi connectivity index (χ4v) is 3.86. The maximum Gasteiger partial charge on any atom is 0.409 e. The summed E-state index contributed by atoms with van der Waals surface area (Å²) in [5.41, 5.74) is 1.91. The van der Waals surface area contributed by atoms with E-state index in [2.05, 4.69) is 20.2 Å². The first-order valence-electron chi connectivity index (χ1n) is 10.8. The number of aromatic nitrogens is 2. The van der Waals surface area contributed by atoms with Crippen LogP contribution in [0, 0.1) is 5.82 Å². The number of hydrogen-bond acceptors (Lipinski definition) is 7. The van der Waals surface area contributed by atoms with Gasteiger partial charge in [-0.05, 0) is 50.5 Å². The lowest BCUT2D eigenvalue weighted by atomic mass is 9.92. The number of amides is 1. The molecule has 0 atom stereocenters. The van der Waals surface area contributed by atoms with Gasteiger partial charge in [0, 0.05) is 50.6 Å². The second kappa shape index (κ2) is 9.36. The van der Waals surface area contributed by atoms with E-state index in [0.29, 0.717) is 37.5 Å². The summed E-state index contributed by atoms with van der Waals surface area (Å²) in [5.74, 6) is 0.300. The van der Waals surface area contributed by atoms with Crippen LogP contribution in [0.25, 0.3) is 0 Å². The molecule has 9 heteroatoms. The molecular weight excluding hydrogens is 399 g/mol. The Hall–Kier alpha value is -3.10. The lowest BCUT2D eigenvalue weighted by Crippen LogP contribution is -2.49. The van der Waals surface area contributed by atoms with Gasteiger partial charge in [-0.1, -0.05) is 0 Å². The van der Waals surface area contributed by atoms with Gasteiger partial charge < -0.3 is 24.8 Å². The molecule has 0 bridgehead atoms. The summed E-state index contributed by atoms with van der Waals surface area (Å²) in [6.07, 6.45) is 4.29. The largest absolute Gasteiger partial charge is 0.450 e. The second-order valence-corrected chi connectivity index (χ2v) is 7.91. The van der Waals surface area contributed by atoms with Gasteiger partial charge in [0.05, 0.1) is 12.8 Å². The van der Waals surface area contributed by atoms with Gasteiger partial charge in [-0.25, -0.2) is 14.2 Å². The van der Waals surface area contributed by atoms with Gasteiger partial charge in [-0.2, -0.15) is 4.98 Å². The molecule has 0 unspecified atom stereocenters. The Balaban J connectivity index is 1.36. The molecule has 31 heavy (non-hydrogen) atoms. The van der Waals surface area contributed by atoms with Crippen LogP contribution in [0.4, 0.5) is 32.3 Å². The Kier molecular flexibility index (Phi) is 6.39. The number of rotatable bonds is 6. The van der Waals surface area contributed by atoms with Crippen molar-refractivity contribution < 1.29 is 13.9 Å². The summed E-state index contributed by atoms with van der Waals surface area (Å²) in [6.45, 7) is 4.99. The quantitative estimate of drug-likeness (QED) is 0.753. The number of carbonyl (C=O) groups excluding carboxylic acids is 1. The normalized spacial score (nSPS) is 16.6. The van der Waals surface area contributed by atoms with Crippen molar-refractivity contribution >= 4 is 29.2 Å². The third-order valence-corrected chi connectivity index (χ3v) is 5.98. The summed E-state index contributed by atoms with van der Waals surface area (Å²) in [4.78, 5) is 26.2. The summed E-state index contributed by atoms with van der Waals surface area (Å²) in [5, 5.41) is 3.16. The summed E-state index contributed by atoms with van der Waals surface area (Å²) < 4.78 is 19.3. The molecule has 2 heterocycles. The molecule has 1 N–H and O–H groups in total. The van der Waals surface area contributed by atoms with Gasteiger partial charge in [0.15, 0.2) is 11.6 Å². The van der Waals surface area contributed by atoms with Crippen LogP contribution >= 0.6 is 0 Å². The molecule has 0 radical (unpaired) electrons. The summed E-state index contributed by atoms with van der Waals surface area (Å²) in [6, 6.07) is 8.30. The molecule has 1 aliphatic heterocycles. The van der Waals surface area contributed by atoms with E-state index >= 15 is 0 Å². The number of nitrogens with zero attached hydrogens (tertiary/aromatic N) is 5. The third-order valence-electron chi connectivity index (χ3n) is 5.98. The molecule has 1 saturated heterocycles.